The van der Waals surface area contributed by atoms with Crippen molar-refractivity contribution in [3.63, 3.8) is 0 Å². The van der Waals surface area contributed by atoms with Crippen LogP contribution in [0.5, 0.6) is 0 Å². The van der Waals surface area contributed by atoms with Crippen LogP contribution in [0, 0.1) is 0 Å². The first kappa shape index (κ1) is 14.0. The van der Waals surface area contributed by atoms with Crippen molar-refractivity contribution in [2.75, 3.05) is 6.54 Å². The molecular weight excluding hydrogens is 238 g/mol. The molecule has 1 aliphatic rings. The predicted molar refractivity (Wildman–Crippen MR) is 75.3 cm³/mol. The Hall–Kier alpha value is -1.42. The van der Waals surface area contributed by atoms with E-state index in [1.54, 1.807) is 6.20 Å². The molecule has 0 aromatic carbocycles. The highest BCUT2D eigenvalue weighted by molar-refractivity contribution is 5.76. The van der Waals surface area contributed by atoms with E-state index in [4.69, 9.17) is 5.73 Å². The van der Waals surface area contributed by atoms with Gasteiger partial charge >= 0.3 is 0 Å². The predicted octanol–water partition coefficient (Wildman–Crippen LogP) is 2.09. The van der Waals surface area contributed by atoms with E-state index >= 15 is 0 Å². The molecule has 104 valence electrons. The van der Waals surface area contributed by atoms with Crippen LogP contribution in [-0.2, 0) is 11.3 Å². The lowest BCUT2D eigenvalue weighted by molar-refractivity contribution is -0.134. The lowest BCUT2D eigenvalue weighted by Crippen LogP contribution is -2.41. The molecule has 0 aliphatic heterocycles. The van der Waals surface area contributed by atoms with Crippen LogP contribution in [0.4, 0.5) is 0 Å². The van der Waals surface area contributed by atoms with Gasteiger partial charge in [-0.25, -0.2) is 0 Å². The van der Waals surface area contributed by atoms with Crippen LogP contribution >= 0.6 is 0 Å². The molecule has 0 spiro atoms. The first-order chi connectivity index (χ1) is 9.31. The number of nitrogens with two attached hydrogens (primary N) is 1. The molecule has 0 radical (unpaired) electrons. The Morgan fingerprint density at radius 3 is 2.74 bits per heavy atom. The van der Waals surface area contributed by atoms with Gasteiger partial charge in [-0.05, 0) is 25.0 Å². The maximum absolute atomic E-state index is 12.3. The SMILES string of the molecule is NCCC(=O)N(Cc1ccccn1)C1CCCCC1. The second-order valence-electron chi connectivity index (χ2n) is 5.17. The third kappa shape index (κ3) is 4.03. The van der Waals surface area contributed by atoms with Crippen molar-refractivity contribution in [2.45, 2.75) is 51.1 Å². The Kier molecular flexibility index (Phi) is 5.33. The zero-order valence-electron chi connectivity index (χ0n) is 11.4. The fourth-order valence-electron chi connectivity index (χ4n) is 2.75. The minimum absolute atomic E-state index is 0.167. The summed E-state index contributed by atoms with van der Waals surface area (Å²) < 4.78 is 0. The van der Waals surface area contributed by atoms with Gasteiger partial charge in [-0.1, -0.05) is 25.3 Å². The van der Waals surface area contributed by atoms with Gasteiger partial charge in [-0.3, -0.25) is 9.78 Å². The van der Waals surface area contributed by atoms with Crippen molar-refractivity contribution in [2.24, 2.45) is 5.73 Å². The number of amides is 1. The number of carbonyl (C=O) groups excluding carboxylic acids is 1. The van der Waals surface area contributed by atoms with Crippen LogP contribution < -0.4 is 5.73 Å². The first-order valence-electron chi connectivity index (χ1n) is 7.20. The molecule has 4 nitrogen and oxygen atoms in total. The van der Waals surface area contributed by atoms with Gasteiger partial charge in [0.25, 0.3) is 0 Å². The van der Waals surface area contributed by atoms with Crippen molar-refractivity contribution >= 4 is 5.91 Å². The molecule has 1 aliphatic carbocycles. The highest BCUT2D eigenvalue weighted by atomic mass is 16.2. The maximum atomic E-state index is 12.3. The van der Waals surface area contributed by atoms with Crippen molar-refractivity contribution in [1.29, 1.82) is 0 Å². The summed E-state index contributed by atoms with van der Waals surface area (Å²) in [5, 5.41) is 0. The van der Waals surface area contributed by atoms with Gasteiger partial charge in [0.15, 0.2) is 0 Å². The molecule has 0 bridgehead atoms. The summed E-state index contributed by atoms with van der Waals surface area (Å²) in [5.74, 6) is 0.167. The van der Waals surface area contributed by atoms with Crippen LogP contribution in [-0.4, -0.2) is 28.4 Å². The standard InChI is InChI=1S/C15H23N3O/c16-10-9-15(19)18(14-7-2-1-3-8-14)12-13-6-4-5-11-17-13/h4-6,11,14H,1-3,7-10,12,16H2. The number of pyridine rings is 1. The summed E-state index contributed by atoms with van der Waals surface area (Å²) in [6.45, 7) is 1.04. The zero-order valence-corrected chi connectivity index (χ0v) is 11.4. The topological polar surface area (TPSA) is 59.2 Å². The van der Waals surface area contributed by atoms with Crippen LogP contribution in [0.1, 0.15) is 44.2 Å². The number of hydrogen-bond donors (Lipinski definition) is 1. The summed E-state index contributed by atoms with van der Waals surface area (Å²) in [4.78, 5) is 18.6. The van der Waals surface area contributed by atoms with E-state index in [9.17, 15) is 4.79 Å². The van der Waals surface area contributed by atoms with Crippen molar-refractivity contribution in [3.8, 4) is 0 Å². The fourth-order valence-corrected chi connectivity index (χ4v) is 2.75. The molecule has 1 fully saturated rings. The molecule has 0 unspecified atom stereocenters. The van der Waals surface area contributed by atoms with Gasteiger partial charge < -0.3 is 10.6 Å². The van der Waals surface area contributed by atoms with Crippen LogP contribution in [0.3, 0.4) is 0 Å². The Morgan fingerprint density at radius 2 is 2.11 bits per heavy atom. The Bertz CT molecular complexity index is 388. The van der Waals surface area contributed by atoms with Crippen LogP contribution in [0.15, 0.2) is 24.4 Å². The number of nitrogens with zero attached hydrogens (tertiary/aromatic N) is 2. The molecule has 4 heteroatoms. The minimum Gasteiger partial charge on any atom is -0.334 e. The molecule has 0 saturated heterocycles. The van der Waals surface area contributed by atoms with Crippen molar-refractivity contribution in [1.82, 2.24) is 9.88 Å². The molecular formula is C15H23N3O. The van der Waals surface area contributed by atoms with Gasteiger partial charge in [0.1, 0.15) is 0 Å². The van der Waals surface area contributed by atoms with Gasteiger partial charge in [-0.15, -0.1) is 0 Å². The maximum Gasteiger partial charge on any atom is 0.224 e. The monoisotopic (exact) mass is 261 g/mol. The second kappa shape index (κ2) is 7.24. The van der Waals surface area contributed by atoms with Crippen molar-refractivity contribution < 1.29 is 4.79 Å². The van der Waals surface area contributed by atoms with E-state index in [1.807, 2.05) is 23.1 Å². The molecule has 1 heterocycles. The van der Waals surface area contributed by atoms with Gasteiger partial charge in [-0.2, -0.15) is 0 Å². The Morgan fingerprint density at radius 1 is 1.32 bits per heavy atom. The van der Waals surface area contributed by atoms with E-state index in [1.165, 1.54) is 19.3 Å². The Labute approximate surface area is 115 Å². The molecule has 1 aromatic rings. The number of hydrogen-bond acceptors (Lipinski definition) is 3. The quantitative estimate of drug-likeness (QED) is 0.883. The van der Waals surface area contributed by atoms with E-state index in [0.717, 1.165) is 18.5 Å². The summed E-state index contributed by atoms with van der Waals surface area (Å²) in [6, 6.07) is 6.21. The smallest absolute Gasteiger partial charge is 0.224 e. The summed E-state index contributed by atoms with van der Waals surface area (Å²) in [5.41, 5.74) is 6.48. The van der Waals surface area contributed by atoms with E-state index < -0.39 is 0 Å². The second-order valence-corrected chi connectivity index (χ2v) is 5.17. The van der Waals surface area contributed by atoms with Crippen LogP contribution in [0.25, 0.3) is 0 Å². The first-order valence-corrected chi connectivity index (χ1v) is 7.20. The lowest BCUT2D eigenvalue weighted by Gasteiger charge is -2.34. The summed E-state index contributed by atoms with van der Waals surface area (Å²) in [7, 11) is 0. The zero-order chi connectivity index (χ0) is 13.5. The Balaban J connectivity index is 2.06. The largest absolute Gasteiger partial charge is 0.334 e. The fraction of sp³-hybridized carbons (Fsp3) is 0.600. The minimum atomic E-state index is 0.167. The molecule has 0 atom stereocenters. The molecule has 19 heavy (non-hydrogen) atoms. The van der Waals surface area contributed by atoms with Crippen LogP contribution in [0.2, 0.25) is 0 Å². The highest BCUT2D eigenvalue weighted by Crippen LogP contribution is 2.24. The highest BCUT2D eigenvalue weighted by Gasteiger charge is 2.25. The third-order valence-corrected chi connectivity index (χ3v) is 3.75. The average Bonchev–Trinajstić information content (AvgIpc) is 2.47. The van der Waals surface area contributed by atoms with Gasteiger partial charge in [0.2, 0.25) is 5.91 Å². The molecule has 1 saturated carbocycles. The number of aromatic nitrogens is 1. The summed E-state index contributed by atoms with van der Waals surface area (Å²) >= 11 is 0. The normalized spacial score (nSPS) is 16.3. The van der Waals surface area contributed by atoms with Gasteiger partial charge in [0, 0.05) is 25.2 Å². The van der Waals surface area contributed by atoms with Crippen molar-refractivity contribution in [3.05, 3.63) is 30.1 Å². The van der Waals surface area contributed by atoms with E-state index in [-0.39, 0.29) is 5.91 Å². The molecule has 2 rings (SSSR count). The number of carbonyl (C=O) groups is 1. The number of rotatable bonds is 5. The molecule has 1 aromatic heterocycles. The lowest BCUT2D eigenvalue weighted by atomic mass is 9.93. The third-order valence-electron chi connectivity index (χ3n) is 3.75. The molecule has 2 N–H and O–H groups in total. The van der Waals surface area contributed by atoms with Gasteiger partial charge in [0.05, 0.1) is 12.2 Å². The van der Waals surface area contributed by atoms with E-state index in [0.29, 0.717) is 25.6 Å². The van der Waals surface area contributed by atoms with E-state index in [2.05, 4.69) is 4.98 Å². The average molecular weight is 261 g/mol. The summed E-state index contributed by atoms with van der Waals surface area (Å²) in [6.07, 6.45) is 8.18. The molecule has 1 amide bonds.